The zero-order valence-corrected chi connectivity index (χ0v) is 17.0. The molecule has 0 unspecified atom stereocenters. The quantitative estimate of drug-likeness (QED) is 0.474. The molecular formula is C23H22N2O2S. The van der Waals surface area contributed by atoms with Crippen molar-refractivity contribution in [2.75, 3.05) is 6.61 Å². The predicted octanol–water partition coefficient (Wildman–Crippen LogP) is 5.13. The van der Waals surface area contributed by atoms with Crippen molar-refractivity contribution in [1.82, 2.24) is 9.55 Å². The van der Waals surface area contributed by atoms with Gasteiger partial charge < -0.3 is 4.74 Å². The smallest absolute Gasteiger partial charge is 0.262 e. The predicted molar refractivity (Wildman–Crippen MR) is 115 cm³/mol. The van der Waals surface area contributed by atoms with Crippen LogP contribution in [0.15, 0.2) is 59.0 Å². The maximum Gasteiger partial charge on any atom is 0.262 e. The van der Waals surface area contributed by atoms with Gasteiger partial charge in [-0.3, -0.25) is 9.36 Å². The van der Waals surface area contributed by atoms with E-state index in [0.29, 0.717) is 18.5 Å². The third-order valence-electron chi connectivity index (χ3n) is 4.97. The number of hydrogen-bond donors (Lipinski definition) is 0. The van der Waals surface area contributed by atoms with Crippen LogP contribution in [0.4, 0.5) is 0 Å². The number of ether oxygens (including phenoxy) is 1. The fraction of sp³-hybridized carbons (Fsp3) is 0.217. The molecule has 4 rings (SSSR count). The topological polar surface area (TPSA) is 44.1 Å². The van der Waals surface area contributed by atoms with E-state index in [1.807, 2.05) is 36.6 Å². The van der Waals surface area contributed by atoms with Gasteiger partial charge in [-0.2, -0.15) is 0 Å². The molecule has 4 nitrogen and oxygen atoms in total. The van der Waals surface area contributed by atoms with E-state index in [2.05, 4.69) is 37.0 Å². The lowest BCUT2D eigenvalue weighted by Gasteiger charge is -2.09. The lowest BCUT2D eigenvalue weighted by Crippen LogP contribution is -2.23. The minimum Gasteiger partial charge on any atom is -0.492 e. The van der Waals surface area contributed by atoms with E-state index in [0.717, 1.165) is 27.3 Å². The number of benzene rings is 2. The Kier molecular flexibility index (Phi) is 5.01. The SMILES string of the molecule is Cc1cccc(OCCn2cnc3scc(-c4ccc(C)c(C)c4)c3c2=O)c1. The van der Waals surface area contributed by atoms with Crippen LogP contribution in [0, 0.1) is 20.8 Å². The Morgan fingerprint density at radius 3 is 2.71 bits per heavy atom. The summed E-state index contributed by atoms with van der Waals surface area (Å²) in [5.74, 6) is 0.813. The summed E-state index contributed by atoms with van der Waals surface area (Å²) in [7, 11) is 0. The van der Waals surface area contributed by atoms with E-state index < -0.39 is 0 Å². The van der Waals surface area contributed by atoms with Crippen LogP contribution in [0.3, 0.4) is 0 Å². The summed E-state index contributed by atoms with van der Waals surface area (Å²) >= 11 is 1.51. The molecule has 0 radical (unpaired) electrons. The molecule has 2 aromatic heterocycles. The second-order valence-corrected chi connectivity index (χ2v) is 7.89. The van der Waals surface area contributed by atoms with Crippen LogP contribution < -0.4 is 10.3 Å². The summed E-state index contributed by atoms with van der Waals surface area (Å²) in [6, 6.07) is 14.2. The second-order valence-electron chi connectivity index (χ2n) is 7.04. The average Bonchev–Trinajstić information content (AvgIpc) is 3.11. The van der Waals surface area contributed by atoms with E-state index in [1.165, 1.54) is 22.5 Å². The minimum atomic E-state index is -0.0210. The summed E-state index contributed by atoms with van der Waals surface area (Å²) in [5, 5.41) is 2.71. The van der Waals surface area contributed by atoms with Crippen LogP contribution in [-0.4, -0.2) is 16.2 Å². The van der Waals surface area contributed by atoms with Crippen LogP contribution in [0.2, 0.25) is 0 Å². The molecule has 0 saturated carbocycles. The van der Waals surface area contributed by atoms with Gasteiger partial charge in [-0.25, -0.2) is 4.98 Å². The van der Waals surface area contributed by atoms with Gasteiger partial charge in [0.05, 0.1) is 18.3 Å². The van der Waals surface area contributed by atoms with Gasteiger partial charge in [0.25, 0.3) is 5.56 Å². The summed E-state index contributed by atoms with van der Waals surface area (Å²) in [4.78, 5) is 18.4. The summed E-state index contributed by atoms with van der Waals surface area (Å²) in [6.45, 7) is 7.08. The first-order valence-electron chi connectivity index (χ1n) is 9.26. The van der Waals surface area contributed by atoms with Crippen molar-refractivity contribution < 1.29 is 4.74 Å². The van der Waals surface area contributed by atoms with Crippen LogP contribution >= 0.6 is 11.3 Å². The standard InChI is InChI=1S/C23H22N2O2S/c1-15-5-4-6-19(11-15)27-10-9-25-14-24-22-21(23(25)26)20(13-28-22)18-8-7-16(2)17(3)12-18/h4-8,11-14H,9-10H2,1-3H3. The number of thiophene rings is 1. The molecule has 0 aliphatic carbocycles. The Morgan fingerprint density at radius 2 is 1.93 bits per heavy atom. The van der Waals surface area contributed by atoms with E-state index in [4.69, 9.17) is 4.74 Å². The molecule has 142 valence electrons. The maximum absolute atomic E-state index is 13.1. The Labute approximate surface area is 168 Å². The summed E-state index contributed by atoms with van der Waals surface area (Å²) in [5.41, 5.74) is 5.60. The average molecular weight is 391 g/mol. The van der Waals surface area contributed by atoms with E-state index >= 15 is 0 Å². The molecule has 2 heterocycles. The number of aromatic nitrogens is 2. The van der Waals surface area contributed by atoms with Crippen LogP contribution in [0.5, 0.6) is 5.75 Å². The molecule has 0 saturated heterocycles. The zero-order valence-electron chi connectivity index (χ0n) is 16.2. The summed E-state index contributed by atoms with van der Waals surface area (Å²) < 4.78 is 7.43. The van der Waals surface area contributed by atoms with E-state index in [1.54, 1.807) is 10.9 Å². The fourth-order valence-electron chi connectivity index (χ4n) is 3.22. The molecule has 0 aliphatic heterocycles. The van der Waals surface area contributed by atoms with Crippen molar-refractivity contribution in [1.29, 1.82) is 0 Å². The second kappa shape index (κ2) is 7.60. The number of hydrogen-bond acceptors (Lipinski definition) is 4. The van der Waals surface area contributed by atoms with Crippen LogP contribution in [0.25, 0.3) is 21.3 Å². The molecule has 4 aromatic rings. The molecule has 2 aromatic carbocycles. The molecule has 28 heavy (non-hydrogen) atoms. The third-order valence-corrected chi connectivity index (χ3v) is 5.86. The van der Waals surface area contributed by atoms with Crippen molar-refractivity contribution in [3.8, 4) is 16.9 Å². The molecule has 0 N–H and O–H groups in total. The van der Waals surface area contributed by atoms with Gasteiger partial charge >= 0.3 is 0 Å². The van der Waals surface area contributed by atoms with Gasteiger partial charge in [0.15, 0.2) is 0 Å². The van der Waals surface area contributed by atoms with Crippen LogP contribution in [-0.2, 0) is 6.54 Å². The molecule has 0 fully saturated rings. The van der Waals surface area contributed by atoms with Gasteiger partial charge in [0.2, 0.25) is 0 Å². The molecule has 0 bridgehead atoms. The Balaban J connectivity index is 1.63. The molecule has 0 amide bonds. The number of aryl methyl sites for hydroxylation is 3. The highest BCUT2D eigenvalue weighted by molar-refractivity contribution is 7.17. The van der Waals surface area contributed by atoms with E-state index in [9.17, 15) is 4.79 Å². The molecule has 5 heteroatoms. The van der Waals surface area contributed by atoms with Gasteiger partial charge in [-0.05, 0) is 55.2 Å². The van der Waals surface area contributed by atoms with Crippen molar-refractivity contribution in [3.63, 3.8) is 0 Å². The minimum absolute atomic E-state index is 0.0210. The normalized spacial score (nSPS) is 11.1. The number of fused-ring (bicyclic) bond motifs is 1. The largest absolute Gasteiger partial charge is 0.492 e. The first kappa shape index (κ1) is 18.4. The van der Waals surface area contributed by atoms with Crippen molar-refractivity contribution in [2.24, 2.45) is 0 Å². The van der Waals surface area contributed by atoms with Crippen molar-refractivity contribution in [2.45, 2.75) is 27.3 Å². The van der Waals surface area contributed by atoms with Crippen molar-refractivity contribution >= 4 is 21.6 Å². The molecule has 0 aliphatic rings. The Bertz CT molecular complexity index is 1210. The number of nitrogens with zero attached hydrogens (tertiary/aromatic N) is 2. The lowest BCUT2D eigenvalue weighted by atomic mass is 10.0. The highest BCUT2D eigenvalue weighted by Gasteiger charge is 2.14. The first-order valence-corrected chi connectivity index (χ1v) is 10.1. The van der Waals surface area contributed by atoms with Crippen molar-refractivity contribution in [3.05, 3.63) is 81.2 Å². The Morgan fingerprint density at radius 1 is 1.07 bits per heavy atom. The molecule has 0 atom stereocenters. The lowest BCUT2D eigenvalue weighted by molar-refractivity contribution is 0.296. The highest BCUT2D eigenvalue weighted by atomic mass is 32.1. The van der Waals surface area contributed by atoms with E-state index in [-0.39, 0.29) is 5.56 Å². The third kappa shape index (κ3) is 3.58. The monoisotopic (exact) mass is 390 g/mol. The molecular weight excluding hydrogens is 368 g/mol. The first-order chi connectivity index (χ1) is 13.5. The maximum atomic E-state index is 13.1. The summed E-state index contributed by atoms with van der Waals surface area (Å²) in [6.07, 6.45) is 1.62. The van der Waals surface area contributed by atoms with Gasteiger partial charge in [0.1, 0.15) is 17.2 Å². The molecule has 0 spiro atoms. The van der Waals surface area contributed by atoms with Gasteiger partial charge in [0, 0.05) is 10.9 Å². The van der Waals surface area contributed by atoms with Gasteiger partial charge in [-0.15, -0.1) is 11.3 Å². The van der Waals surface area contributed by atoms with Crippen LogP contribution in [0.1, 0.15) is 16.7 Å². The van der Waals surface area contributed by atoms with Gasteiger partial charge in [-0.1, -0.05) is 30.3 Å². The fourth-order valence-corrected chi connectivity index (χ4v) is 4.12. The Hall–Kier alpha value is -2.92. The zero-order chi connectivity index (χ0) is 19.7. The number of rotatable bonds is 5. The highest BCUT2D eigenvalue weighted by Crippen LogP contribution is 2.31.